The summed E-state index contributed by atoms with van der Waals surface area (Å²) in [6, 6.07) is 0. The highest BCUT2D eigenvalue weighted by atomic mass is 32.1. The zero-order valence-corrected chi connectivity index (χ0v) is 12.2. The van der Waals surface area contributed by atoms with Crippen LogP contribution in [0.15, 0.2) is 0 Å². The van der Waals surface area contributed by atoms with Gasteiger partial charge in [0.25, 0.3) is 0 Å². The molecule has 0 saturated carbocycles. The highest BCUT2D eigenvalue weighted by Crippen LogP contribution is 2.31. The molecule has 0 aliphatic carbocycles. The lowest BCUT2D eigenvalue weighted by Crippen LogP contribution is -2.29. The van der Waals surface area contributed by atoms with Gasteiger partial charge in [0.2, 0.25) is 0 Å². The number of nitrogens with zero attached hydrogens (tertiary/aromatic N) is 2. The summed E-state index contributed by atoms with van der Waals surface area (Å²) in [6.45, 7) is 6.55. The fourth-order valence-electron chi connectivity index (χ4n) is 2.34. The van der Waals surface area contributed by atoms with E-state index in [1.54, 1.807) is 18.3 Å². The second-order valence-electron chi connectivity index (χ2n) is 5.06. The van der Waals surface area contributed by atoms with Crippen molar-refractivity contribution in [1.82, 2.24) is 4.98 Å². The molecule has 0 aromatic carbocycles. The van der Waals surface area contributed by atoms with Gasteiger partial charge in [-0.1, -0.05) is 11.3 Å². The van der Waals surface area contributed by atoms with Gasteiger partial charge in [-0.2, -0.15) is 0 Å². The average Bonchev–Trinajstić information content (AvgIpc) is 2.73. The number of hydrogen-bond acceptors (Lipinski definition) is 5. The molecule has 0 spiro atoms. The van der Waals surface area contributed by atoms with Gasteiger partial charge < -0.3 is 14.7 Å². The van der Waals surface area contributed by atoms with Crippen LogP contribution in [-0.4, -0.2) is 36.9 Å². The highest BCUT2D eigenvalue weighted by Gasteiger charge is 2.19. The number of thiazole rings is 1. The lowest BCUT2D eigenvalue weighted by Gasteiger charge is -2.26. The molecule has 0 amide bonds. The number of ether oxygens (including phenoxy) is 1. The molecule has 1 unspecified atom stereocenters. The SMILES string of the molecule is Cc1nc(N(C)CC2CCOCC2)sc1C(C)O. The smallest absolute Gasteiger partial charge is 0.185 e. The molecule has 1 aromatic heterocycles. The van der Waals surface area contributed by atoms with Gasteiger partial charge in [-0.05, 0) is 32.6 Å². The number of aromatic nitrogens is 1. The Morgan fingerprint density at radius 3 is 2.72 bits per heavy atom. The molecular weight excluding hydrogens is 248 g/mol. The third-order valence-corrected chi connectivity index (χ3v) is 4.84. The van der Waals surface area contributed by atoms with Gasteiger partial charge in [0.05, 0.1) is 16.7 Å². The standard InChI is InChI=1S/C13H22N2O2S/c1-9-12(10(2)16)18-13(14-9)15(3)8-11-4-6-17-7-5-11/h10-11,16H,4-8H2,1-3H3. The molecular formula is C13H22N2O2S. The van der Waals surface area contributed by atoms with Crippen LogP contribution in [0.5, 0.6) is 0 Å². The number of anilines is 1. The van der Waals surface area contributed by atoms with Gasteiger partial charge in [-0.15, -0.1) is 0 Å². The largest absolute Gasteiger partial charge is 0.388 e. The van der Waals surface area contributed by atoms with Gasteiger partial charge in [0.15, 0.2) is 5.13 Å². The first kappa shape index (κ1) is 13.8. The fraction of sp³-hybridized carbons (Fsp3) is 0.769. The summed E-state index contributed by atoms with van der Waals surface area (Å²) >= 11 is 1.60. The molecule has 1 N–H and O–H groups in total. The first-order chi connectivity index (χ1) is 8.58. The van der Waals surface area contributed by atoms with Crippen LogP contribution in [0.4, 0.5) is 5.13 Å². The lowest BCUT2D eigenvalue weighted by atomic mass is 10.0. The van der Waals surface area contributed by atoms with Crippen LogP contribution in [0.25, 0.3) is 0 Å². The van der Waals surface area contributed by atoms with E-state index in [2.05, 4.69) is 16.9 Å². The van der Waals surface area contributed by atoms with E-state index in [1.807, 2.05) is 6.92 Å². The van der Waals surface area contributed by atoms with Crippen molar-refractivity contribution in [2.75, 3.05) is 31.7 Å². The second kappa shape index (κ2) is 5.99. The molecule has 2 rings (SSSR count). The van der Waals surface area contributed by atoms with Crippen molar-refractivity contribution < 1.29 is 9.84 Å². The van der Waals surface area contributed by atoms with Crippen LogP contribution >= 0.6 is 11.3 Å². The normalized spacial score (nSPS) is 18.9. The molecule has 18 heavy (non-hydrogen) atoms. The van der Waals surface area contributed by atoms with Gasteiger partial charge in [0, 0.05) is 26.8 Å². The Morgan fingerprint density at radius 2 is 2.17 bits per heavy atom. The van der Waals surface area contributed by atoms with Crippen LogP contribution in [0.1, 0.15) is 36.4 Å². The number of aliphatic hydroxyl groups excluding tert-OH is 1. The third-order valence-electron chi connectivity index (χ3n) is 3.40. The summed E-state index contributed by atoms with van der Waals surface area (Å²) in [4.78, 5) is 7.73. The van der Waals surface area contributed by atoms with Gasteiger partial charge in [-0.3, -0.25) is 0 Å². The zero-order chi connectivity index (χ0) is 13.1. The number of aryl methyl sites for hydroxylation is 1. The molecule has 1 fully saturated rings. The summed E-state index contributed by atoms with van der Waals surface area (Å²) in [5.41, 5.74) is 0.948. The Morgan fingerprint density at radius 1 is 1.50 bits per heavy atom. The topological polar surface area (TPSA) is 45.6 Å². The summed E-state index contributed by atoms with van der Waals surface area (Å²) < 4.78 is 5.38. The van der Waals surface area contributed by atoms with Crippen molar-refractivity contribution >= 4 is 16.5 Å². The van der Waals surface area contributed by atoms with Crippen molar-refractivity contribution in [2.45, 2.75) is 32.8 Å². The van der Waals surface area contributed by atoms with Crippen molar-refractivity contribution in [2.24, 2.45) is 5.92 Å². The Bertz CT molecular complexity index is 386. The maximum atomic E-state index is 9.66. The lowest BCUT2D eigenvalue weighted by molar-refractivity contribution is 0.0685. The predicted octanol–water partition coefficient (Wildman–Crippen LogP) is 2.37. The Balaban J connectivity index is 1.99. The Labute approximate surface area is 113 Å². The van der Waals surface area contributed by atoms with Gasteiger partial charge in [0.1, 0.15) is 0 Å². The number of rotatable bonds is 4. The van der Waals surface area contributed by atoms with Crippen LogP contribution in [0.2, 0.25) is 0 Å². The predicted molar refractivity (Wildman–Crippen MR) is 74.3 cm³/mol. The minimum absolute atomic E-state index is 0.423. The minimum atomic E-state index is -0.423. The van der Waals surface area contributed by atoms with Crippen molar-refractivity contribution in [1.29, 1.82) is 0 Å². The van der Waals surface area contributed by atoms with Crippen molar-refractivity contribution in [3.63, 3.8) is 0 Å². The third kappa shape index (κ3) is 3.22. The molecule has 1 saturated heterocycles. The van der Waals surface area contributed by atoms with Crippen molar-refractivity contribution in [3.8, 4) is 0 Å². The minimum Gasteiger partial charge on any atom is -0.388 e. The Kier molecular flexibility index (Phi) is 4.59. The van der Waals surface area contributed by atoms with E-state index in [0.717, 1.165) is 48.3 Å². The fourth-order valence-corrected chi connectivity index (χ4v) is 3.31. The van der Waals surface area contributed by atoms with Gasteiger partial charge in [-0.25, -0.2) is 4.98 Å². The van der Waals surface area contributed by atoms with E-state index < -0.39 is 6.10 Å². The maximum Gasteiger partial charge on any atom is 0.185 e. The molecule has 5 heteroatoms. The summed E-state index contributed by atoms with van der Waals surface area (Å²) in [7, 11) is 2.08. The molecule has 102 valence electrons. The van der Waals surface area contributed by atoms with E-state index in [4.69, 9.17) is 4.74 Å². The van der Waals surface area contributed by atoms with Crippen LogP contribution in [0.3, 0.4) is 0 Å². The zero-order valence-electron chi connectivity index (χ0n) is 11.3. The molecule has 1 aliphatic rings. The Hall–Kier alpha value is -0.650. The summed E-state index contributed by atoms with van der Waals surface area (Å²) in [6.07, 6.45) is 1.85. The van der Waals surface area contributed by atoms with E-state index in [-0.39, 0.29) is 0 Å². The average molecular weight is 270 g/mol. The number of hydrogen-bond donors (Lipinski definition) is 1. The van der Waals surface area contributed by atoms with Crippen LogP contribution in [-0.2, 0) is 4.74 Å². The monoisotopic (exact) mass is 270 g/mol. The van der Waals surface area contributed by atoms with E-state index in [9.17, 15) is 5.11 Å². The van der Waals surface area contributed by atoms with Crippen LogP contribution in [0, 0.1) is 12.8 Å². The van der Waals surface area contributed by atoms with Crippen molar-refractivity contribution in [3.05, 3.63) is 10.6 Å². The quantitative estimate of drug-likeness (QED) is 0.912. The highest BCUT2D eigenvalue weighted by molar-refractivity contribution is 7.15. The van der Waals surface area contributed by atoms with E-state index in [0.29, 0.717) is 5.92 Å². The summed E-state index contributed by atoms with van der Waals surface area (Å²) in [5.74, 6) is 0.697. The molecule has 1 aromatic rings. The van der Waals surface area contributed by atoms with Gasteiger partial charge >= 0.3 is 0 Å². The van der Waals surface area contributed by atoms with E-state index in [1.165, 1.54) is 0 Å². The first-order valence-electron chi connectivity index (χ1n) is 6.52. The molecule has 0 bridgehead atoms. The second-order valence-corrected chi connectivity index (χ2v) is 6.07. The number of aliphatic hydroxyl groups is 1. The summed E-state index contributed by atoms with van der Waals surface area (Å²) in [5, 5.41) is 10.7. The van der Waals surface area contributed by atoms with E-state index >= 15 is 0 Å². The maximum absolute atomic E-state index is 9.66. The molecule has 2 heterocycles. The van der Waals surface area contributed by atoms with Crippen LogP contribution < -0.4 is 4.90 Å². The first-order valence-corrected chi connectivity index (χ1v) is 7.34. The molecule has 4 nitrogen and oxygen atoms in total. The molecule has 1 atom stereocenters. The molecule has 0 radical (unpaired) electrons. The molecule has 1 aliphatic heterocycles.